The van der Waals surface area contributed by atoms with Crippen molar-refractivity contribution in [2.45, 2.75) is 4.90 Å². The average Bonchev–Trinajstić information content (AvgIpc) is 2.75. The Hall–Kier alpha value is -0.690. The van der Waals surface area contributed by atoms with Gasteiger partial charge >= 0.3 is 0 Å². The molecule has 4 aliphatic carbocycles. The fraction of sp³-hybridized carbons (Fsp3) is 0.333. The molecule has 5 rings (SSSR count). The normalized spacial score (nSPS) is 56.2. The van der Waals surface area contributed by atoms with Crippen LogP contribution in [0.1, 0.15) is 2.74 Å². The second-order valence-electron chi connectivity index (χ2n) is 3.81. The summed E-state index contributed by atoms with van der Waals surface area (Å²) in [4.78, 5) is 2.49. The number of thioether (sulfide) groups is 1. The number of benzene rings is 1. The largest absolute Gasteiger partial charge is 0.0946 e. The van der Waals surface area contributed by atoms with E-state index in [2.05, 4.69) is 18.2 Å². The molecule has 64 valence electrons. The lowest BCUT2D eigenvalue weighted by atomic mass is 10.2. The predicted molar refractivity (Wildman–Crippen MR) is 54.3 cm³/mol. The van der Waals surface area contributed by atoms with Gasteiger partial charge in [0.1, 0.15) is 0 Å². The highest BCUT2D eigenvalue weighted by Gasteiger charge is 2.77. The molecule has 13 heavy (non-hydrogen) atoms. The second kappa shape index (κ2) is 2.03. The van der Waals surface area contributed by atoms with E-state index in [0.29, 0.717) is 0 Å². The van der Waals surface area contributed by atoms with Gasteiger partial charge in [-0.3, -0.25) is 0 Å². The molecule has 0 amide bonds. The predicted octanol–water partition coefficient (Wildman–Crippen LogP) is 3.17. The number of rotatable bonds is 2. The molecule has 4 atom stereocenters. The minimum atomic E-state index is -0.413. The van der Waals surface area contributed by atoms with Crippen molar-refractivity contribution in [1.29, 1.82) is 0 Å². The molecule has 1 aromatic rings. The van der Waals surface area contributed by atoms with Gasteiger partial charge in [0.15, 0.2) is 0 Å². The van der Waals surface area contributed by atoms with Crippen LogP contribution in [0.4, 0.5) is 0 Å². The minimum absolute atomic E-state index is 0.222. The van der Waals surface area contributed by atoms with E-state index in [1.165, 1.54) is 9.80 Å². The van der Waals surface area contributed by atoms with Crippen molar-refractivity contribution in [3.05, 3.63) is 41.3 Å². The van der Waals surface area contributed by atoms with Crippen molar-refractivity contribution in [3.8, 4) is 0 Å². The highest BCUT2D eigenvalue weighted by molar-refractivity contribution is 8.03. The van der Waals surface area contributed by atoms with Crippen LogP contribution in [0.5, 0.6) is 0 Å². The van der Waals surface area contributed by atoms with Gasteiger partial charge in [-0.25, -0.2) is 0 Å². The summed E-state index contributed by atoms with van der Waals surface area (Å²) >= 11 is 1.74. The van der Waals surface area contributed by atoms with Gasteiger partial charge in [-0.05, 0) is 40.7 Å². The zero-order chi connectivity index (χ0) is 10.3. The average molecular weight is 188 g/mol. The van der Waals surface area contributed by atoms with E-state index in [-0.39, 0.29) is 11.8 Å². The van der Waals surface area contributed by atoms with Crippen LogP contribution in [-0.2, 0) is 0 Å². The van der Waals surface area contributed by atoms with Gasteiger partial charge in [0.05, 0.1) is 0 Å². The maximum absolute atomic E-state index is 8.04. The molecule has 1 heteroatoms. The van der Waals surface area contributed by atoms with Gasteiger partial charge in [0, 0.05) is 7.64 Å². The van der Waals surface area contributed by atoms with E-state index in [9.17, 15) is 0 Å². The van der Waals surface area contributed by atoms with Crippen molar-refractivity contribution in [2.24, 2.45) is 23.6 Å². The Labute approximate surface area is 84.8 Å². The van der Waals surface area contributed by atoms with Crippen LogP contribution in [0.25, 0.3) is 0 Å². The molecule has 2 saturated carbocycles. The van der Waals surface area contributed by atoms with Crippen molar-refractivity contribution < 1.29 is 2.74 Å². The van der Waals surface area contributed by atoms with Gasteiger partial charge in [-0.2, -0.15) is 0 Å². The van der Waals surface area contributed by atoms with Gasteiger partial charge in [-0.1, -0.05) is 36.0 Å². The number of allylic oxidation sites excluding steroid dienone is 2. The van der Waals surface area contributed by atoms with E-state index in [4.69, 9.17) is 2.74 Å². The summed E-state index contributed by atoms with van der Waals surface area (Å²) in [6, 6.07) is 10.2. The molecule has 0 radical (unpaired) electrons. The number of hydrogen-bond donors (Lipinski definition) is 0. The van der Waals surface area contributed by atoms with E-state index in [0.717, 1.165) is 0 Å². The van der Waals surface area contributed by atoms with Crippen LogP contribution in [0.15, 0.2) is 46.2 Å². The van der Waals surface area contributed by atoms with E-state index in [1.54, 1.807) is 11.8 Å². The van der Waals surface area contributed by atoms with E-state index >= 15 is 0 Å². The quantitative estimate of drug-likeness (QED) is 0.687. The molecule has 2 fully saturated rings. The Bertz CT molecular complexity index is 468. The fourth-order valence-electron chi connectivity index (χ4n) is 2.26. The summed E-state index contributed by atoms with van der Waals surface area (Å²) in [7, 11) is 0. The Morgan fingerprint density at radius 3 is 2.54 bits per heavy atom. The van der Waals surface area contributed by atoms with E-state index in [1.807, 2.05) is 18.2 Å². The van der Waals surface area contributed by atoms with Crippen LogP contribution < -0.4 is 0 Å². The summed E-state index contributed by atoms with van der Waals surface area (Å²) < 4.78 is 16.1. The lowest BCUT2D eigenvalue weighted by Crippen LogP contribution is -1.85. The van der Waals surface area contributed by atoms with Crippen LogP contribution in [-0.4, -0.2) is 0 Å². The van der Waals surface area contributed by atoms with Crippen molar-refractivity contribution in [2.75, 3.05) is 0 Å². The minimum Gasteiger partial charge on any atom is -0.0946 e. The smallest absolute Gasteiger partial charge is 0.0319 e. The molecule has 0 aromatic heterocycles. The first-order valence-corrected chi connectivity index (χ1v) is 5.45. The first-order valence-electron chi connectivity index (χ1n) is 5.63. The molecule has 0 aliphatic heterocycles. The Morgan fingerprint density at radius 2 is 1.92 bits per heavy atom. The summed E-state index contributed by atoms with van der Waals surface area (Å²) in [6.45, 7) is 0. The fourth-order valence-corrected chi connectivity index (χ4v) is 3.40. The summed E-state index contributed by atoms with van der Waals surface area (Å²) in [6.07, 6.45) is 2.16. The second-order valence-corrected chi connectivity index (χ2v) is 4.95. The first-order chi connectivity index (χ1) is 7.19. The standard InChI is InChI=1S/C12H10S/c1-2-4-7(5-3-1)13-9-6-8-10-11(8)12(9)10/h1-6,8,10-12H/t8?,10-,11+,12?/i10D,11D. The molecule has 1 aromatic carbocycles. The third-order valence-corrected chi connectivity index (χ3v) is 4.17. The monoisotopic (exact) mass is 188 g/mol. The first kappa shape index (κ1) is 5.26. The van der Waals surface area contributed by atoms with E-state index < -0.39 is 11.8 Å². The van der Waals surface area contributed by atoms with Crippen molar-refractivity contribution >= 4 is 11.8 Å². The van der Waals surface area contributed by atoms with Crippen LogP contribution in [0, 0.1) is 23.6 Å². The van der Waals surface area contributed by atoms with Crippen LogP contribution in [0.2, 0.25) is 0 Å². The molecule has 0 saturated heterocycles. The Morgan fingerprint density at radius 1 is 1.15 bits per heavy atom. The highest BCUT2D eigenvalue weighted by atomic mass is 32.2. The van der Waals surface area contributed by atoms with Gasteiger partial charge in [0.2, 0.25) is 0 Å². The summed E-state index contributed by atoms with van der Waals surface area (Å²) in [5.74, 6) is -0.366. The Kier molecular flexibility index (Phi) is 0.822. The Balaban J connectivity index is 1.60. The highest BCUT2D eigenvalue weighted by Crippen LogP contribution is 2.82. The molecule has 2 unspecified atom stereocenters. The zero-order valence-corrected chi connectivity index (χ0v) is 7.84. The summed E-state index contributed by atoms with van der Waals surface area (Å²) in [5, 5.41) is 0. The molecule has 0 nitrogen and oxygen atoms in total. The topological polar surface area (TPSA) is 0 Å². The maximum atomic E-state index is 8.04. The van der Waals surface area contributed by atoms with Gasteiger partial charge < -0.3 is 0 Å². The molecule has 0 spiro atoms. The molecular weight excluding hydrogens is 176 g/mol. The molecule has 2 bridgehead atoms. The molecule has 0 N–H and O–H groups in total. The molecule has 4 aliphatic rings. The molecular formula is C12H10S. The summed E-state index contributed by atoms with van der Waals surface area (Å²) in [5.41, 5.74) is 0. The third kappa shape index (κ3) is 0.786. The van der Waals surface area contributed by atoms with Crippen molar-refractivity contribution in [1.82, 2.24) is 0 Å². The maximum Gasteiger partial charge on any atom is 0.0319 e. The third-order valence-electron chi connectivity index (χ3n) is 3.05. The molecule has 0 heterocycles. The lowest BCUT2D eigenvalue weighted by Gasteiger charge is -2.02. The SMILES string of the molecule is [2H][C@]12C3C=C(Sc4ccccc4)C1[C@@]32[2H]. The number of hydrogen-bond acceptors (Lipinski definition) is 1. The van der Waals surface area contributed by atoms with Crippen LogP contribution >= 0.6 is 11.8 Å². The van der Waals surface area contributed by atoms with Gasteiger partial charge in [0.25, 0.3) is 0 Å². The lowest BCUT2D eigenvalue weighted by molar-refractivity contribution is 0.687. The van der Waals surface area contributed by atoms with Gasteiger partial charge in [-0.15, -0.1) is 0 Å². The van der Waals surface area contributed by atoms with Crippen LogP contribution in [0.3, 0.4) is 0 Å². The zero-order valence-electron chi connectivity index (χ0n) is 9.03. The van der Waals surface area contributed by atoms with Crippen molar-refractivity contribution in [3.63, 3.8) is 0 Å².